The number of likely N-dealkylation sites (tertiary alicyclic amines) is 2. The second-order valence-corrected chi connectivity index (χ2v) is 12.7. The van der Waals surface area contributed by atoms with Gasteiger partial charge in [0.1, 0.15) is 6.17 Å². The van der Waals surface area contributed by atoms with E-state index in [2.05, 4.69) is 9.80 Å². The number of fused-ring (bicyclic) bond motifs is 1. The number of thioether (sulfide) groups is 1. The number of β-amino-alcohol motifs (C(OH)–C–C–N with tert-alkyl or cyclic N) is 1. The zero-order chi connectivity index (χ0) is 29.9. The lowest BCUT2D eigenvalue weighted by molar-refractivity contribution is -0.139. The van der Waals surface area contributed by atoms with Crippen LogP contribution >= 0.6 is 11.8 Å². The molecule has 42 heavy (non-hydrogen) atoms. The van der Waals surface area contributed by atoms with Crippen molar-refractivity contribution in [3.05, 3.63) is 35.0 Å². The highest BCUT2D eigenvalue weighted by atomic mass is 32.2. The smallest absolute Gasteiger partial charge is 0.390 e. The first-order valence-electron chi connectivity index (χ1n) is 14.8. The Balaban J connectivity index is 1.40. The molecule has 1 atom stereocenters. The summed E-state index contributed by atoms with van der Waals surface area (Å²) in [5.41, 5.74) is 7.51. The van der Waals surface area contributed by atoms with Crippen molar-refractivity contribution in [1.29, 1.82) is 0 Å². The lowest BCUT2D eigenvalue weighted by Gasteiger charge is -2.29. The summed E-state index contributed by atoms with van der Waals surface area (Å²) in [6, 6.07) is 3.49. The molecule has 0 aliphatic carbocycles. The number of primary amides is 1. The van der Waals surface area contributed by atoms with Crippen molar-refractivity contribution in [2.24, 2.45) is 5.73 Å². The fraction of sp³-hybridized carbons (Fsp3) is 0.655. The minimum absolute atomic E-state index is 0.108. The Morgan fingerprint density at radius 3 is 2.50 bits per heavy atom. The number of piperidine rings is 2. The van der Waals surface area contributed by atoms with E-state index < -0.39 is 30.0 Å². The summed E-state index contributed by atoms with van der Waals surface area (Å²) >= 11 is 1.14. The van der Waals surface area contributed by atoms with Crippen molar-refractivity contribution in [3.63, 3.8) is 0 Å². The third-order valence-corrected chi connectivity index (χ3v) is 9.53. The van der Waals surface area contributed by atoms with Crippen LogP contribution in [0.2, 0.25) is 0 Å². The van der Waals surface area contributed by atoms with Crippen LogP contribution in [0.5, 0.6) is 0 Å². The van der Waals surface area contributed by atoms with Gasteiger partial charge in [-0.15, -0.1) is 11.8 Å². The molecule has 0 unspecified atom stereocenters. The van der Waals surface area contributed by atoms with Gasteiger partial charge in [-0.1, -0.05) is 12.5 Å². The fourth-order valence-electron chi connectivity index (χ4n) is 6.19. The molecule has 0 spiro atoms. The Hall–Kier alpha value is -2.35. The molecule has 4 heterocycles. The molecule has 3 aliphatic rings. The number of nitrogens with two attached hydrogens (primary N) is 1. The van der Waals surface area contributed by atoms with Gasteiger partial charge in [0.2, 0.25) is 0 Å². The molecule has 0 saturated carbocycles. The summed E-state index contributed by atoms with van der Waals surface area (Å²) in [4.78, 5) is 18.0. The number of alkyl halides is 4. The molecule has 0 radical (unpaired) electrons. The van der Waals surface area contributed by atoms with Crippen LogP contribution in [0.3, 0.4) is 0 Å². The molecule has 3 N–H and O–H groups in total. The van der Waals surface area contributed by atoms with Gasteiger partial charge < -0.3 is 25.5 Å². The minimum atomic E-state index is -4.52. The fourth-order valence-corrected chi connectivity index (χ4v) is 7.31. The van der Waals surface area contributed by atoms with Gasteiger partial charge in [0.05, 0.1) is 30.5 Å². The SMILES string of the molecule is NC(=O)N1CCc2c(c(-c3ccc(C(F)(F)F)c(SCCN4CCC(F)CC4)c3)nn2C[C@H](O)CN2CCCCC2)C1. The highest BCUT2D eigenvalue weighted by Gasteiger charge is 2.35. The van der Waals surface area contributed by atoms with Crippen molar-refractivity contribution in [2.75, 3.05) is 51.6 Å². The quantitative estimate of drug-likeness (QED) is 0.323. The van der Waals surface area contributed by atoms with E-state index in [9.17, 15) is 27.5 Å². The summed E-state index contributed by atoms with van der Waals surface area (Å²) in [5, 5.41) is 15.7. The summed E-state index contributed by atoms with van der Waals surface area (Å²) in [6.45, 7) is 5.09. The van der Waals surface area contributed by atoms with E-state index in [4.69, 9.17) is 10.8 Å². The number of aliphatic hydroxyl groups is 1. The van der Waals surface area contributed by atoms with Gasteiger partial charge in [0.15, 0.2) is 0 Å². The number of nitrogens with zero attached hydrogens (tertiary/aromatic N) is 5. The zero-order valence-corrected chi connectivity index (χ0v) is 24.6. The standard InChI is InChI=1S/C29H40F4N6O2S/c30-21-6-11-36(12-7-21)14-15-42-26-16-20(4-5-24(26)29(31,32)33)27-23-19-38(28(34)41)13-8-25(23)39(35-27)18-22(40)17-37-9-2-1-3-10-37/h4-5,16,21-22,40H,1-3,6-15,17-19H2,(H2,34,41)/t22-/m1/s1. The van der Waals surface area contributed by atoms with Crippen LogP contribution in [0.1, 0.15) is 48.9 Å². The average Bonchev–Trinajstić information content (AvgIpc) is 3.31. The number of amides is 2. The molecule has 232 valence electrons. The first kappa shape index (κ1) is 31.1. The number of benzene rings is 1. The van der Waals surface area contributed by atoms with Crippen LogP contribution in [0.15, 0.2) is 23.1 Å². The molecule has 1 aromatic heterocycles. The van der Waals surface area contributed by atoms with Crippen molar-refractivity contribution in [1.82, 2.24) is 24.5 Å². The Morgan fingerprint density at radius 2 is 1.81 bits per heavy atom. The van der Waals surface area contributed by atoms with Crippen LogP contribution in [0, 0.1) is 0 Å². The van der Waals surface area contributed by atoms with E-state index in [-0.39, 0.29) is 18.0 Å². The number of carbonyl (C=O) groups is 1. The van der Waals surface area contributed by atoms with Gasteiger partial charge in [-0.25, -0.2) is 9.18 Å². The maximum absolute atomic E-state index is 14.0. The highest BCUT2D eigenvalue weighted by molar-refractivity contribution is 7.99. The number of carbonyl (C=O) groups excluding carboxylic acids is 1. The third kappa shape index (κ3) is 7.59. The van der Waals surface area contributed by atoms with Gasteiger partial charge in [-0.2, -0.15) is 18.3 Å². The zero-order valence-electron chi connectivity index (χ0n) is 23.8. The molecule has 2 amide bonds. The first-order chi connectivity index (χ1) is 20.1. The number of aromatic nitrogens is 2. The lowest BCUT2D eigenvalue weighted by Crippen LogP contribution is -2.40. The van der Waals surface area contributed by atoms with Crippen LogP contribution in [-0.4, -0.2) is 99.5 Å². The van der Waals surface area contributed by atoms with Gasteiger partial charge in [0, 0.05) is 66.6 Å². The van der Waals surface area contributed by atoms with Crippen molar-refractivity contribution in [3.8, 4) is 11.3 Å². The maximum atomic E-state index is 14.0. The summed E-state index contributed by atoms with van der Waals surface area (Å²) in [5.74, 6) is 0.439. The van der Waals surface area contributed by atoms with Gasteiger partial charge in [0.25, 0.3) is 0 Å². The van der Waals surface area contributed by atoms with Gasteiger partial charge >= 0.3 is 12.2 Å². The van der Waals surface area contributed by atoms with E-state index in [1.807, 2.05) is 0 Å². The molecule has 2 saturated heterocycles. The number of urea groups is 1. The van der Waals surface area contributed by atoms with Crippen molar-refractivity contribution >= 4 is 17.8 Å². The Bertz CT molecular complexity index is 1230. The molecule has 8 nitrogen and oxygen atoms in total. The van der Waals surface area contributed by atoms with E-state index in [1.54, 1.807) is 4.68 Å². The van der Waals surface area contributed by atoms with Gasteiger partial charge in [-0.3, -0.25) is 4.68 Å². The molecular formula is C29H40F4N6O2S. The predicted molar refractivity (Wildman–Crippen MR) is 154 cm³/mol. The number of hydrogen-bond acceptors (Lipinski definition) is 6. The summed E-state index contributed by atoms with van der Waals surface area (Å²) < 4.78 is 57.2. The maximum Gasteiger partial charge on any atom is 0.417 e. The van der Waals surface area contributed by atoms with Crippen LogP contribution in [0.4, 0.5) is 22.4 Å². The van der Waals surface area contributed by atoms with E-state index in [0.29, 0.717) is 69.0 Å². The van der Waals surface area contributed by atoms with Crippen LogP contribution < -0.4 is 5.73 Å². The molecule has 2 fully saturated rings. The molecular weight excluding hydrogens is 572 g/mol. The monoisotopic (exact) mass is 612 g/mol. The van der Waals surface area contributed by atoms with Crippen LogP contribution in [-0.2, 0) is 25.7 Å². The molecule has 5 rings (SSSR count). The Labute approximate surface area is 248 Å². The average molecular weight is 613 g/mol. The Kier molecular flexibility index (Phi) is 10.0. The lowest BCUT2D eigenvalue weighted by atomic mass is 10.00. The minimum Gasteiger partial charge on any atom is -0.390 e. The van der Waals surface area contributed by atoms with E-state index in [0.717, 1.165) is 55.0 Å². The number of hydrogen-bond donors (Lipinski definition) is 2. The molecule has 13 heteroatoms. The van der Waals surface area contributed by atoms with E-state index >= 15 is 0 Å². The highest BCUT2D eigenvalue weighted by Crippen LogP contribution is 2.40. The van der Waals surface area contributed by atoms with Gasteiger partial charge in [-0.05, 0) is 50.9 Å². The molecule has 2 aromatic rings. The summed E-state index contributed by atoms with van der Waals surface area (Å²) in [6.07, 6.45) is -1.16. The second kappa shape index (κ2) is 13.5. The number of rotatable bonds is 9. The largest absolute Gasteiger partial charge is 0.417 e. The molecule has 0 bridgehead atoms. The molecule has 1 aromatic carbocycles. The molecule has 3 aliphatic heterocycles. The first-order valence-corrected chi connectivity index (χ1v) is 15.8. The van der Waals surface area contributed by atoms with Crippen LogP contribution in [0.25, 0.3) is 11.3 Å². The number of halogens is 4. The van der Waals surface area contributed by atoms with Crippen molar-refractivity contribution < 1.29 is 27.5 Å². The predicted octanol–water partition coefficient (Wildman–Crippen LogP) is 4.38. The number of aliphatic hydroxyl groups excluding tert-OH is 1. The normalized spacial score (nSPS) is 20.1. The van der Waals surface area contributed by atoms with Crippen molar-refractivity contribution in [2.45, 2.75) is 75.0 Å². The topological polar surface area (TPSA) is 90.9 Å². The van der Waals surface area contributed by atoms with E-state index in [1.165, 1.54) is 23.5 Å². The summed E-state index contributed by atoms with van der Waals surface area (Å²) in [7, 11) is 0. The third-order valence-electron chi connectivity index (χ3n) is 8.49. The second-order valence-electron chi connectivity index (χ2n) is 11.6. The Morgan fingerprint density at radius 1 is 1.07 bits per heavy atom.